The van der Waals surface area contributed by atoms with E-state index in [0.29, 0.717) is 5.92 Å². The molecule has 3 aromatic rings. The van der Waals surface area contributed by atoms with Crippen LogP contribution in [0.4, 0.5) is 0 Å². The van der Waals surface area contributed by atoms with Crippen LogP contribution in [0.25, 0.3) is 22.2 Å². The van der Waals surface area contributed by atoms with E-state index in [1.807, 2.05) is 19.2 Å². The lowest BCUT2D eigenvalue weighted by Crippen LogP contribution is -2.37. The molecule has 1 aliphatic heterocycles. The zero-order chi connectivity index (χ0) is 21.1. The van der Waals surface area contributed by atoms with Crippen molar-refractivity contribution in [3.63, 3.8) is 0 Å². The van der Waals surface area contributed by atoms with Gasteiger partial charge in [0, 0.05) is 29.6 Å². The minimum atomic E-state index is 0.643. The Morgan fingerprint density at radius 2 is 1.90 bits per heavy atom. The Balaban J connectivity index is 1.62. The lowest BCUT2D eigenvalue weighted by Gasteiger charge is -2.32. The average Bonchev–Trinajstić information content (AvgIpc) is 3.13. The second kappa shape index (κ2) is 9.11. The van der Waals surface area contributed by atoms with E-state index in [9.17, 15) is 0 Å². The van der Waals surface area contributed by atoms with Gasteiger partial charge in [-0.3, -0.25) is 0 Å². The summed E-state index contributed by atoms with van der Waals surface area (Å²) >= 11 is 0. The number of hydrogen-bond acceptors (Lipinski definition) is 4. The smallest absolute Gasteiger partial charge is 0.170 e. The summed E-state index contributed by atoms with van der Waals surface area (Å²) in [6, 6.07) is 13.0. The molecule has 1 saturated heterocycles. The first-order valence-electron chi connectivity index (χ1n) is 10.9. The molecule has 160 valence electrons. The van der Waals surface area contributed by atoms with E-state index in [2.05, 4.69) is 46.4 Å². The Kier molecular flexibility index (Phi) is 6.30. The second-order valence-electron chi connectivity index (χ2n) is 8.19. The molecular weight excluding hydrogens is 374 g/mol. The van der Waals surface area contributed by atoms with Crippen LogP contribution in [-0.4, -0.2) is 57.3 Å². The minimum Gasteiger partial charge on any atom is -0.493 e. The summed E-state index contributed by atoms with van der Waals surface area (Å²) in [4.78, 5) is 6.19. The summed E-state index contributed by atoms with van der Waals surface area (Å²) in [5, 5.41) is 4.55. The highest BCUT2D eigenvalue weighted by Crippen LogP contribution is 2.41. The van der Waals surface area contributed by atoms with Crippen molar-refractivity contribution in [2.75, 3.05) is 47.4 Å². The van der Waals surface area contributed by atoms with Crippen LogP contribution in [0.3, 0.4) is 0 Å². The Morgan fingerprint density at radius 1 is 1.10 bits per heavy atom. The number of H-pyrrole nitrogens is 1. The molecule has 1 aromatic heterocycles. The average molecular weight is 408 g/mol. The van der Waals surface area contributed by atoms with Crippen molar-refractivity contribution in [3.8, 4) is 22.8 Å². The molecule has 0 unspecified atom stereocenters. The molecule has 2 aromatic carbocycles. The number of aromatic nitrogens is 1. The van der Waals surface area contributed by atoms with Crippen molar-refractivity contribution in [3.05, 3.63) is 47.5 Å². The van der Waals surface area contributed by atoms with Crippen molar-refractivity contribution in [1.82, 2.24) is 15.2 Å². The van der Waals surface area contributed by atoms with Crippen LogP contribution in [-0.2, 0) is 0 Å². The van der Waals surface area contributed by atoms with E-state index in [1.165, 1.54) is 48.0 Å². The summed E-state index contributed by atoms with van der Waals surface area (Å²) in [7, 11) is 5.40. The van der Waals surface area contributed by atoms with Gasteiger partial charge in [-0.2, -0.15) is 0 Å². The van der Waals surface area contributed by atoms with Crippen LogP contribution < -0.4 is 14.8 Å². The first-order valence-corrected chi connectivity index (χ1v) is 10.9. The van der Waals surface area contributed by atoms with Crippen LogP contribution in [0.5, 0.6) is 11.5 Å². The number of nitrogens with one attached hydrogen (secondary N) is 2. The van der Waals surface area contributed by atoms with Crippen molar-refractivity contribution >= 4 is 10.9 Å². The number of likely N-dealkylation sites (N-methyl/N-ethyl adjacent to an activating group) is 1. The summed E-state index contributed by atoms with van der Waals surface area (Å²) in [5.74, 6) is 2.16. The van der Waals surface area contributed by atoms with E-state index in [0.717, 1.165) is 35.8 Å². The molecule has 4 rings (SSSR count). The fraction of sp³-hybridized carbons (Fsp3) is 0.440. The monoisotopic (exact) mass is 407 g/mol. The van der Waals surface area contributed by atoms with Gasteiger partial charge in [0.1, 0.15) is 0 Å². The molecule has 1 fully saturated rings. The number of benzene rings is 2. The van der Waals surface area contributed by atoms with E-state index >= 15 is 0 Å². The highest BCUT2D eigenvalue weighted by atomic mass is 16.5. The summed E-state index contributed by atoms with van der Waals surface area (Å²) < 4.78 is 11.2. The molecule has 0 amide bonds. The Bertz CT molecular complexity index is 1000. The van der Waals surface area contributed by atoms with Crippen LogP contribution in [0.1, 0.15) is 29.9 Å². The van der Waals surface area contributed by atoms with Crippen LogP contribution in [0.15, 0.2) is 36.4 Å². The quantitative estimate of drug-likeness (QED) is 0.603. The zero-order valence-electron chi connectivity index (χ0n) is 18.5. The summed E-state index contributed by atoms with van der Waals surface area (Å²) in [6.45, 7) is 6.77. The third-order valence-electron chi connectivity index (χ3n) is 6.49. The number of methoxy groups -OCH3 is 2. The molecule has 0 spiro atoms. The third kappa shape index (κ3) is 3.92. The maximum atomic E-state index is 5.68. The van der Waals surface area contributed by atoms with Gasteiger partial charge >= 0.3 is 0 Å². The second-order valence-corrected chi connectivity index (χ2v) is 8.19. The van der Waals surface area contributed by atoms with Gasteiger partial charge in [0.15, 0.2) is 11.5 Å². The molecule has 2 N–H and O–H groups in total. The number of ether oxygens (including phenoxy) is 2. The van der Waals surface area contributed by atoms with Gasteiger partial charge < -0.3 is 24.7 Å². The molecule has 2 heterocycles. The third-order valence-corrected chi connectivity index (χ3v) is 6.49. The molecule has 0 bridgehead atoms. The highest BCUT2D eigenvalue weighted by Gasteiger charge is 2.22. The number of piperidine rings is 1. The topological polar surface area (TPSA) is 49.5 Å². The van der Waals surface area contributed by atoms with E-state index < -0.39 is 0 Å². The molecule has 0 aliphatic carbocycles. The van der Waals surface area contributed by atoms with Gasteiger partial charge in [-0.15, -0.1) is 0 Å². The van der Waals surface area contributed by atoms with Gasteiger partial charge in [-0.25, -0.2) is 0 Å². The molecular formula is C25H33N3O2. The number of aryl methyl sites for hydroxylation is 1. The Morgan fingerprint density at radius 3 is 2.60 bits per heavy atom. The van der Waals surface area contributed by atoms with Crippen LogP contribution >= 0.6 is 0 Å². The highest BCUT2D eigenvalue weighted by molar-refractivity contribution is 5.92. The maximum absolute atomic E-state index is 5.68. The first-order chi connectivity index (χ1) is 14.7. The molecule has 0 saturated carbocycles. The summed E-state index contributed by atoms with van der Waals surface area (Å²) in [6.07, 6.45) is 2.46. The predicted octanol–water partition coefficient (Wildman–Crippen LogP) is 4.56. The fourth-order valence-electron chi connectivity index (χ4n) is 4.71. The number of nitrogens with zero attached hydrogens (tertiary/aromatic N) is 1. The SMILES string of the molecule is CNCCN1CCC(c2ccc3[nH]c(-c4cccc(OC)c4OC)c(C)c3c2)CC1. The largest absolute Gasteiger partial charge is 0.493 e. The number of aromatic amines is 1. The Labute approximate surface area is 179 Å². The van der Waals surface area contributed by atoms with Crippen LogP contribution in [0, 0.1) is 6.92 Å². The molecule has 1 aliphatic rings. The molecule has 0 radical (unpaired) electrons. The number of rotatable bonds is 7. The molecule has 30 heavy (non-hydrogen) atoms. The van der Waals surface area contributed by atoms with Crippen molar-refractivity contribution in [1.29, 1.82) is 0 Å². The number of para-hydroxylation sites is 1. The summed E-state index contributed by atoms with van der Waals surface area (Å²) in [5.41, 5.74) is 6.01. The van der Waals surface area contributed by atoms with Crippen molar-refractivity contribution < 1.29 is 9.47 Å². The van der Waals surface area contributed by atoms with Crippen molar-refractivity contribution in [2.24, 2.45) is 0 Å². The zero-order valence-corrected chi connectivity index (χ0v) is 18.5. The fourth-order valence-corrected chi connectivity index (χ4v) is 4.71. The number of hydrogen-bond donors (Lipinski definition) is 2. The Hall–Kier alpha value is -2.50. The van der Waals surface area contributed by atoms with Gasteiger partial charge in [0.05, 0.1) is 19.9 Å². The molecule has 5 nitrogen and oxygen atoms in total. The van der Waals surface area contributed by atoms with Gasteiger partial charge in [-0.05, 0) is 81.2 Å². The lowest BCUT2D eigenvalue weighted by molar-refractivity contribution is 0.214. The van der Waals surface area contributed by atoms with Gasteiger partial charge in [0.2, 0.25) is 0 Å². The molecule has 0 atom stereocenters. The standard InChI is InChI=1S/C25H33N3O2/c1-17-21-16-19(18-10-13-28(14-11-18)15-12-26-2)8-9-22(21)27-24(17)20-6-5-7-23(29-3)25(20)30-4/h5-9,16,18,26-27H,10-15H2,1-4H3. The first kappa shape index (κ1) is 20.8. The number of fused-ring (bicyclic) bond motifs is 1. The van der Waals surface area contributed by atoms with Crippen LogP contribution in [0.2, 0.25) is 0 Å². The maximum Gasteiger partial charge on any atom is 0.170 e. The molecule has 5 heteroatoms. The van der Waals surface area contributed by atoms with E-state index in [1.54, 1.807) is 14.2 Å². The van der Waals surface area contributed by atoms with Gasteiger partial charge in [0.25, 0.3) is 0 Å². The normalized spacial score (nSPS) is 15.6. The minimum absolute atomic E-state index is 0.643. The van der Waals surface area contributed by atoms with Gasteiger partial charge in [-0.1, -0.05) is 12.1 Å². The predicted molar refractivity (Wildman–Crippen MR) is 124 cm³/mol. The number of likely N-dealkylation sites (tertiary alicyclic amines) is 1. The van der Waals surface area contributed by atoms with Crippen molar-refractivity contribution in [2.45, 2.75) is 25.7 Å². The lowest BCUT2D eigenvalue weighted by atomic mass is 9.88. The van der Waals surface area contributed by atoms with E-state index in [-0.39, 0.29) is 0 Å². The van der Waals surface area contributed by atoms with E-state index in [4.69, 9.17) is 9.47 Å².